The van der Waals surface area contributed by atoms with Crippen LogP contribution < -0.4 is 0 Å². The standard InChI is InChI=1S/C20H15F2N3O3/c1-10-17(11(2)28-24-10)19-14(9-23-27)18-15(21)7-8-16(22)20(18)25(19)12-3-5-13(26)6-4-12/h3-9,26-27H,1-2H3/b23-9+. The van der Waals surface area contributed by atoms with Gasteiger partial charge in [-0.05, 0) is 50.2 Å². The fraction of sp³-hybridized carbons (Fsp3) is 0.100. The first kappa shape index (κ1) is 17.7. The zero-order chi connectivity index (χ0) is 20.0. The molecule has 8 heteroatoms. The summed E-state index contributed by atoms with van der Waals surface area (Å²) in [5.74, 6) is -0.858. The van der Waals surface area contributed by atoms with Crippen LogP contribution in [0.15, 0.2) is 46.1 Å². The van der Waals surface area contributed by atoms with Crippen LogP contribution in [0.4, 0.5) is 8.78 Å². The molecule has 2 aromatic heterocycles. The number of phenols is 1. The Kier molecular flexibility index (Phi) is 4.11. The van der Waals surface area contributed by atoms with Gasteiger partial charge >= 0.3 is 0 Å². The number of aromatic hydroxyl groups is 1. The second-order valence-electron chi connectivity index (χ2n) is 6.31. The summed E-state index contributed by atoms with van der Waals surface area (Å²) in [5.41, 5.74) is 2.01. The molecule has 0 aliphatic heterocycles. The molecule has 0 aliphatic carbocycles. The quantitative estimate of drug-likeness (QED) is 0.305. The Hall–Kier alpha value is -3.68. The van der Waals surface area contributed by atoms with Crippen molar-refractivity contribution in [3.63, 3.8) is 0 Å². The van der Waals surface area contributed by atoms with Crippen molar-refractivity contribution >= 4 is 17.1 Å². The molecule has 4 aromatic rings. The van der Waals surface area contributed by atoms with Crippen molar-refractivity contribution in [3.05, 3.63) is 65.1 Å². The minimum absolute atomic E-state index is 0.0305. The van der Waals surface area contributed by atoms with Gasteiger partial charge in [0.15, 0.2) is 0 Å². The molecular weight excluding hydrogens is 368 g/mol. The van der Waals surface area contributed by atoms with Gasteiger partial charge in [-0.15, -0.1) is 0 Å². The van der Waals surface area contributed by atoms with Crippen LogP contribution in [0.2, 0.25) is 0 Å². The molecule has 0 fully saturated rings. The van der Waals surface area contributed by atoms with Crippen LogP contribution in [-0.2, 0) is 0 Å². The predicted octanol–water partition coefficient (Wildman–Crippen LogP) is 4.69. The van der Waals surface area contributed by atoms with E-state index in [0.717, 1.165) is 18.3 Å². The largest absolute Gasteiger partial charge is 0.508 e. The number of fused-ring (bicyclic) bond motifs is 1. The summed E-state index contributed by atoms with van der Waals surface area (Å²) in [5, 5.41) is 25.8. The lowest BCUT2D eigenvalue weighted by atomic mass is 10.0. The van der Waals surface area contributed by atoms with Gasteiger partial charge in [-0.25, -0.2) is 8.78 Å². The molecule has 2 aromatic carbocycles. The average molecular weight is 383 g/mol. The number of nitrogens with zero attached hydrogens (tertiary/aromatic N) is 3. The Morgan fingerprint density at radius 3 is 2.36 bits per heavy atom. The number of rotatable bonds is 3. The zero-order valence-electron chi connectivity index (χ0n) is 14.9. The molecule has 0 atom stereocenters. The molecule has 0 unspecified atom stereocenters. The molecule has 0 saturated carbocycles. The number of hydrogen-bond donors (Lipinski definition) is 2. The number of aromatic nitrogens is 2. The number of aryl methyl sites for hydroxylation is 2. The summed E-state index contributed by atoms with van der Waals surface area (Å²) in [6, 6.07) is 8.07. The molecule has 0 radical (unpaired) electrons. The molecule has 0 bridgehead atoms. The third-order valence-corrected chi connectivity index (χ3v) is 4.61. The van der Waals surface area contributed by atoms with E-state index < -0.39 is 11.6 Å². The molecule has 0 saturated heterocycles. The lowest BCUT2D eigenvalue weighted by Gasteiger charge is -2.12. The van der Waals surface area contributed by atoms with Gasteiger partial charge in [0.2, 0.25) is 0 Å². The number of oxime groups is 1. The van der Waals surface area contributed by atoms with Gasteiger partial charge < -0.3 is 19.4 Å². The van der Waals surface area contributed by atoms with E-state index in [9.17, 15) is 19.1 Å². The first-order chi connectivity index (χ1) is 13.4. The van der Waals surface area contributed by atoms with Gasteiger partial charge in [0.25, 0.3) is 0 Å². The molecule has 142 valence electrons. The molecule has 0 amide bonds. The molecule has 2 N–H and O–H groups in total. The van der Waals surface area contributed by atoms with Crippen LogP contribution in [0.3, 0.4) is 0 Å². The molecule has 4 rings (SSSR count). The average Bonchev–Trinajstić information content (AvgIpc) is 3.17. The van der Waals surface area contributed by atoms with Gasteiger partial charge in [0.05, 0.1) is 28.7 Å². The van der Waals surface area contributed by atoms with E-state index in [1.807, 2.05) is 0 Å². The fourth-order valence-electron chi connectivity index (χ4n) is 3.48. The Bertz CT molecular complexity index is 1200. The molecule has 0 aliphatic rings. The van der Waals surface area contributed by atoms with E-state index in [4.69, 9.17) is 4.52 Å². The first-order valence-electron chi connectivity index (χ1n) is 8.36. The van der Waals surface area contributed by atoms with E-state index in [1.165, 1.54) is 16.7 Å². The smallest absolute Gasteiger partial charge is 0.148 e. The summed E-state index contributed by atoms with van der Waals surface area (Å²) in [6.45, 7) is 3.39. The molecule has 28 heavy (non-hydrogen) atoms. The lowest BCUT2D eigenvalue weighted by molar-refractivity contribution is 0.322. The molecular formula is C20H15F2N3O3. The van der Waals surface area contributed by atoms with Crippen LogP contribution in [0.25, 0.3) is 27.8 Å². The van der Waals surface area contributed by atoms with Crippen molar-refractivity contribution in [2.24, 2.45) is 5.16 Å². The predicted molar refractivity (Wildman–Crippen MR) is 99.2 cm³/mol. The fourth-order valence-corrected chi connectivity index (χ4v) is 3.48. The maximum absolute atomic E-state index is 14.9. The highest BCUT2D eigenvalue weighted by Crippen LogP contribution is 2.40. The second kappa shape index (κ2) is 6.49. The summed E-state index contributed by atoms with van der Waals surface area (Å²) < 4.78 is 36.4. The third kappa shape index (κ3) is 2.53. The molecule has 0 spiro atoms. The monoisotopic (exact) mass is 383 g/mol. The second-order valence-corrected chi connectivity index (χ2v) is 6.31. The topological polar surface area (TPSA) is 83.8 Å². The van der Waals surface area contributed by atoms with E-state index in [-0.39, 0.29) is 22.2 Å². The van der Waals surface area contributed by atoms with Gasteiger partial charge in [-0.2, -0.15) is 0 Å². The van der Waals surface area contributed by atoms with Crippen molar-refractivity contribution < 1.29 is 23.6 Å². The zero-order valence-corrected chi connectivity index (χ0v) is 14.9. The summed E-state index contributed by atoms with van der Waals surface area (Å²) >= 11 is 0. The Morgan fingerprint density at radius 2 is 1.75 bits per heavy atom. The highest BCUT2D eigenvalue weighted by Gasteiger charge is 2.27. The Morgan fingerprint density at radius 1 is 1.07 bits per heavy atom. The highest BCUT2D eigenvalue weighted by molar-refractivity contribution is 6.08. The maximum atomic E-state index is 14.9. The van der Waals surface area contributed by atoms with Crippen molar-refractivity contribution in [2.75, 3.05) is 0 Å². The summed E-state index contributed by atoms with van der Waals surface area (Å²) in [4.78, 5) is 0. The van der Waals surface area contributed by atoms with Gasteiger partial charge in [-0.1, -0.05) is 10.3 Å². The third-order valence-electron chi connectivity index (χ3n) is 4.61. The van der Waals surface area contributed by atoms with Crippen molar-refractivity contribution in [1.82, 2.24) is 9.72 Å². The molecule has 2 heterocycles. The van der Waals surface area contributed by atoms with Gasteiger partial charge in [0, 0.05) is 16.6 Å². The first-order valence-corrected chi connectivity index (χ1v) is 8.36. The van der Waals surface area contributed by atoms with E-state index in [0.29, 0.717) is 28.4 Å². The van der Waals surface area contributed by atoms with E-state index in [1.54, 1.807) is 26.0 Å². The van der Waals surface area contributed by atoms with E-state index in [2.05, 4.69) is 10.3 Å². The summed E-state index contributed by atoms with van der Waals surface area (Å²) in [7, 11) is 0. The lowest BCUT2D eigenvalue weighted by Crippen LogP contribution is -2.00. The van der Waals surface area contributed by atoms with Crippen LogP contribution in [0.1, 0.15) is 17.0 Å². The van der Waals surface area contributed by atoms with Crippen LogP contribution >= 0.6 is 0 Å². The SMILES string of the molecule is Cc1noc(C)c1-c1c(/C=N/O)c2c(F)ccc(F)c2n1-c1ccc(O)cc1. The van der Waals surface area contributed by atoms with Crippen molar-refractivity contribution in [2.45, 2.75) is 13.8 Å². The van der Waals surface area contributed by atoms with Gasteiger partial charge in [0.1, 0.15) is 23.1 Å². The molecule has 6 nitrogen and oxygen atoms in total. The van der Waals surface area contributed by atoms with E-state index >= 15 is 0 Å². The number of benzene rings is 2. The minimum atomic E-state index is -0.670. The van der Waals surface area contributed by atoms with Crippen LogP contribution in [-0.4, -0.2) is 26.3 Å². The summed E-state index contributed by atoms with van der Waals surface area (Å²) in [6.07, 6.45) is 1.06. The van der Waals surface area contributed by atoms with Crippen molar-refractivity contribution in [1.29, 1.82) is 0 Å². The Balaban J connectivity index is 2.27. The van der Waals surface area contributed by atoms with Gasteiger partial charge in [-0.3, -0.25) is 0 Å². The van der Waals surface area contributed by atoms with Crippen LogP contribution in [0.5, 0.6) is 5.75 Å². The number of phenolic OH excluding ortho intramolecular Hbond substituents is 1. The normalized spacial score (nSPS) is 11.7. The Labute approximate surface area is 157 Å². The highest BCUT2D eigenvalue weighted by atomic mass is 19.1. The maximum Gasteiger partial charge on any atom is 0.148 e. The van der Waals surface area contributed by atoms with Crippen molar-refractivity contribution in [3.8, 4) is 22.7 Å². The minimum Gasteiger partial charge on any atom is -0.508 e. The number of halogens is 2. The van der Waals surface area contributed by atoms with Crippen LogP contribution in [0, 0.1) is 25.5 Å². The number of hydrogen-bond acceptors (Lipinski definition) is 5.